The Labute approximate surface area is 854 Å². The third-order valence-electron chi connectivity index (χ3n) is 28.6. The highest BCUT2D eigenvalue weighted by atomic mass is 15.2. The van der Waals surface area contributed by atoms with Crippen LogP contribution in [0.25, 0.3) is 189 Å². The molecule has 143 heavy (non-hydrogen) atoms. The minimum atomic E-state index is -0.849. The van der Waals surface area contributed by atoms with Crippen LogP contribution < -0.4 is 26.2 Å². The zero-order valence-corrected chi connectivity index (χ0v) is 81.2. The lowest BCUT2D eigenvalue weighted by atomic mass is 9.33. The average Bonchev–Trinajstić information content (AvgIpc) is 0.750. The van der Waals surface area contributed by atoms with Gasteiger partial charge in [0.05, 0.1) is 48.5 Å². The van der Waals surface area contributed by atoms with Crippen LogP contribution in [0.1, 0.15) is 94.1 Å². The summed E-state index contributed by atoms with van der Waals surface area (Å²) < 4.78 is 125. The van der Waals surface area contributed by atoms with Gasteiger partial charge in [-0.25, -0.2) is 0 Å². The summed E-state index contributed by atoms with van der Waals surface area (Å²) in [6.07, 6.45) is 0. The van der Waals surface area contributed by atoms with E-state index in [1.807, 2.05) is 261 Å². The molecule has 25 rings (SSSR count). The fourth-order valence-corrected chi connectivity index (χ4v) is 21.4. The van der Waals surface area contributed by atoms with E-state index in [9.17, 15) is 15.1 Å². The monoisotopic (exact) mass is 1840 g/mol. The lowest BCUT2D eigenvalue weighted by molar-refractivity contribution is 0.590. The van der Waals surface area contributed by atoms with Gasteiger partial charge >= 0.3 is 0 Å². The molecule has 2 aromatic heterocycles. The smallest absolute Gasteiger partial charge is 0.252 e. The first kappa shape index (κ1) is 75.9. The van der Waals surface area contributed by atoms with E-state index in [-0.39, 0.29) is 60.4 Å². The van der Waals surface area contributed by atoms with E-state index < -0.39 is 23.0 Å². The molecule has 0 saturated carbocycles. The molecule has 0 fully saturated rings. The lowest BCUT2D eigenvalue weighted by Crippen LogP contribution is -2.61. The van der Waals surface area contributed by atoms with Crippen molar-refractivity contribution in [3.05, 3.63) is 502 Å². The molecule has 0 aliphatic carbocycles. The van der Waals surface area contributed by atoms with Gasteiger partial charge in [0.15, 0.2) is 0 Å². The fraction of sp³-hybridized carbons (Fsp3) is 0.0870. The topological polar surface area (TPSA) is 16.3 Å². The Balaban J connectivity index is 0.847. The van der Waals surface area contributed by atoms with Crippen molar-refractivity contribution in [2.45, 2.75) is 78.6 Å². The third-order valence-corrected chi connectivity index (χ3v) is 28.6. The summed E-state index contributed by atoms with van der Waals surface area (Å²) >= 11 is 0. The molecule has 5 heteroatoms. The van der Waals surface area contributed by atoms with Gasteiger partial charge in [0.1, 0.15) is 0 Å². The van der Waals surface area contributed by atoms with Crippen LogP contribution in [-0.4, -0.2) is 15.8 Å². The van der Waals surface area contributed by atoms with Crippen molar-refractivity contribution in [3.8, 4) is 145 Å². The Morgan fingerprint density at radius 2 is 0.469 bits per heavy atom. The molecule has 0 spiro atoms. The van der Waals surface area contributed by atoms with Gasteiger partial charge in [-0.2, -0.15) is 0 Å². The Morgan fingerprint density at radius 3 is 0.825 bits per heavy atom. The number of rotatable bonds is 16. The van der Waals surface area contributed by atoms with Crippen LogP contribution in [0.5, 0.6) is 0 Å². The Morgan fingerprint density at radius 1 is 0.196 bits per heavy atom. The van der Waals surface area contributed by atoms with E-state index in [4.69, 9.17) is 0 Å². The summed E-state index contributed by atoms with van der Waals surface area (Å²) in [6.45, 7) is 18.4. The molecular formula is C138H107BN4. The average molecular weight is 1840 g/mol. The maximum atomic E-state index is 11.7. The number of para-hydroxylation sites is 2. The van der Waals surface area contributed by atoms with Gasteiger partial charge in [0, 0.05) is 77.9 Å². The van der Waals surface area contributed by atoms with Gasteiger partial charge in [-0.3, -0.25) is 0 Å². The maximum absolute atomic E-state index is 11.7. The van der Waals surface area contributed by atoms with Crippen LogP contribution in [0.3, 0.4) is 0 Å². The molecule has 0 saturated heterocycles. The second-order valence-corrected chi connectivity index (χ2v) is 40.9. The number of anilines is 6. The van der Waals surface area contributed by atoms with Crippen LogP contribution in [0.15, 0.2) is 485 Å². The molecule has 4 heterocycles. The minimum absolute atomic E-state index is 0.0774. The summed E-state index contributed by atoms with van der Waals surface area (Å²) in [5.74, 6) is 0. The number of hydrogen-bond acceptors (Lipinski definition) is 2. The van der Waals surface area contributed by atoms with Crippen molar-refractivity contribution < 1.29 is 15.1 Å². The number of nitrogens with zero attached hydrogens (tertiary/aromatic N) is 4. The molecule has 2 aliphatic heterocycles. The van der Waals surface area contributed by atoms with Crippen LogP contribution in [0.4, 0.5) is 34.1 Å². The first-order chi connectivity index (χ1) is 74.5. The van der Waals surface area contributed by atoms with E-state index in [1.54, 1.807) is 0 Å². The van der Waals surface area contributed by atoms with E-state index in [1.165, 1.54) is 0 Å². The third kappa shape index (κ3) is 15.7. The zero-order valence-electron chi connectivity index (χ0n) is 92.2. The molecule has 0 atom stereocenters. The second-order valence-electron chi connectivity index (χ2n) is 40.9. The highest BCUT2D eigenvalue weighted by Gasteiger charge is 2.47. The molecular weight excluding hydrogens is 1720 g/mol. The normalized spacial score (nSPS) is 13.5. The predicted molar refractivity (Wildman–Crippen MR) is 610 cm³/mol. The fourth-order valence-electron chi connectivity index (χ4n) is 21.4. The summed E-state index contributed by atoms with van der Waals surface area (Å²) in [6, 6.07) is 142. The molecule has 682 valence electrons. The first-order valence-corrected chi connectivity index (χ1v) is 49.4. The summed E-state index contributed by atoms with van der Waals surface area (Å²) in [5, 5.41) is 2.41. The molecule has 0 N–H and O–H groups in total. The highest BCUT2D eigenvalue weighted by molar-refractivity contribution is 7.00. The van der Waals surface area contributed by atoms with E-state index >= 15 is 0 Å². The van der Waals surface area contributed by atoms with Gasteiger partial charge in [-0.15, -0.1) is 0 Å². The van der Waals surface area contributed by atoms with E-state index in [0.717, 1.165) is 88.7 Å². The second kappa shape index (κ2) is 35.0. The molecule has 0 radical (unpaired) electrons. The van der Waals surface area contributed by atoms with Gasteiger partial charge in [-0.1, -0.05) is 414 Å². The Hall–Kier alpha value is -17.1. The molecule has 2 aliphatic rings. The molecule has 21 aromatic carbocycles. The van der Waals surface area contributed by atoms with E-state index in [0.29, 0.717) is 173 Å². The van der Waals surface area contributed by atoms with Crippen LogP contribution in [0, 0.1) is 0 Å². The summed E-state index contributed by atoms with van der Waals surface area (Å²) in [7, 11) is 0. The van der Waals surface area contributed by atoms with E-state index in [2.05, 4.69) is 239 Å². The Kier molecular flexibility index (Phi) is 18.6. The number of benzene rings is 21. The van der Waals surface area contributed by atoms with Crippen LogP contribution >= 0.6 is 0 Å². The van der Waals surface area contributed by atoms with Gasteiger partial charge in [0.25, 0.3) is 6.71 Å². The largest absolute Gasteiger partial charge is 0.310 e. The van der Waals surface area contributed by atoms with Crippen molar-refractivity contribution in [3.63, 3.8) is 0 Å². The van der Waals surface area contributed by atoms with Crippen LogP contribution in [0.2, 0.25) is 0 Å². The van der Waals surface area contributed by atoms with Crippen LogP contribution in [-0.2, 0) is 16.2 Å². The molecule has 0 amide bonds. The lowest BCUT2D eigenvalue weighted by Gasteiger charge is -2.47. The standard InChI is InChI=1S/C138H107BN4/c1-136(2,3)110-82-117(94-46-24-14-25-47-94)134(119(84-110)108-60-36-58-104(78-108)100-54-32-50-96(74-100)90-38-16-10-17-39-90)142-129-88-113(140-125-64-30-28-62-115(125)121-80-106(66-72-127(121)140)102-56-34-52-98(76-102)92-42-20-12-21-43-92)68-70-123(129)139-124-71-69-114(141-126-65-31-29-63-116(126)122-81-107(67-73-128(122)141)103-57-35-53-99(77-103)93-44-22-13-23-45-93)89-130(124)143(132-87-112(138(7,8)9)86-131(142)133(132)139)135-118(95-48-26-15-27-49-95)83-111(137(4,5)6)85-120(135)109-61-37-59-105(79-109)101-55-33-51-97(75-101)91-40-18-11-19-41-91/h10-89H,1-9H3/i66D,67D,72D,73D,74D,80D,81D,82D,83D,84D,85D. The quantitative estimate of drug-likeness (QED) is 0.0897. The number of hydrogen-bond donors (Lipinski definition) is 0. The first-order valence-electron chi connectivity index (χ1n) is 54.9. The zero-order chi connectivity index (χ0) is 106. The van der Waals surface area contributed by atoms with Crippen molar-refractivity contribution in [1.29, 1.82) is 0 Å². The molecule has 0 bridgehead atoms. The van der Waals surface area contributed by atoms with Gasteiger partial charge in [-0.05, 0) is 294 Å². The number of aromatic nitrogens is 2. The van der Waals surface area contributed by atoms with Crippen molar-refractivity contribution in [2.75, 3.05) is 9.80 Å². The summed E-state index contributed by atoms with van der Waals surface area (Å²) in [4.78, 5) is 4.68. The van der Waals surface area contributed by atoms with Crippen molar-refractivity contribution in [1.82, 2.24) is 9.13 Å². The molecule has 23 aromatic rings. The summed E-state index contributed by atoms with van der Waals surface area (Å²) in [5.41, 5.74) is 26.4. The maximum Gasteiger partial charge on any atom is 0.252 e. The number of fused-ring (bicyclic) bond motifs is 10. The molecule has 0 unspecified atom stereocenters. The Bertz CT molecular complexity index is 9390. The van der Waals surface area contributed by atoms with Gasteiger partial charge < -0.3 is 18.9 Å². The highest BCUT2D eigenvalue weighted by Crippen LogP contribution is 2.57. The van der Waals surface area contributed by atoms with Crippen molar-refractivity contribution in [2.24, 2.45) is 0 Å². The SMILES string of the molecule is [2H]c1c(-c2ccccc2)cccc1-c1cccc(-c2c([2H])c(C(C)(C)C)c([2H])c(-c3ccccc3)c2N2c3cc(-n4c5ccccc5c5c([2H])c(-c6cccc(-c7ccccc7)c6)c([2H])c([2H])c54)ccc3B3c4ccc(-n5c6ccccc6c6c([2H])c(-c7cccc(-c8ccccc8)c7)c([2H])c([2H])c65)cc4N(c4c(-c5ccccc5)c([2H])c(C(C)(C)C)c([2H])c4-c4cccc(-c5cccc(-c6ccccc6)c5)c4)c4cc(C(C)(C)C)cc2c43)c1. The predicted octanol–water partition coefficient (Wildman–Crippen LogP) is 35.9. The van der Waals surface area contributed by atoms with Gasteiger partial charge in [0.2, 0.25) is 0 Å². The van der Waals surface area contributed by atoms with Crippen molar-refractivity contribution >= 4 is 101 Å². The molecule has 4 nitrogen and oxygen atoms in total. The minimum Gasteiger partial charge on any atom is -0.310 e.